The monoisotopic (exact) mass is 338 g/mol. The first-order valence-corrected chi connectivity index (χ1v) is 8.14. The van der Waals surface area contributed by atoms with Gasteiger partial charge in [0.2, 0.25) is 0 Å². The zero-order valence-corrected chi connectivity index (χ0v) is 13.6. The smallest absolute Gasteiger partial charge is 0.306 e. The molecule has 1 aliphatic carbocycles. The Bertz CT molecular complexity index is 641. The van der Waals surface area contributed by atoms with Gasteiger partial charge in [-0.3, -0.25) is 19.7 Å². The number of thioether (sulfide) groups is 1. The second kappa shape index (κ2) is 6.99. The fourth-order valence-corrected chi connectivity index (χ4v) is 3.30. The summed E-state index contributed by atoms with van der Waals surface area (Å²) in [7, 11) is 0. The first-order valence-electron chi connectivity index (χ1n) is 7.26. The van der Waals surface area contributed by atoms with Crippen molar-refractivity contribution in [1.82, 2.24) is 5.32 Å². The predicted molar refractivity (Wildman–Crippen MR) is 85.7 cm³/mol. The molecule has 1 aliphatic rings. The maximum atomic E-state index is 12.4. The van der Waals surface area contributed by atoms with Crippen molar-refractivity contribution in [2.45, 2.75) is 42.9 Å². The zero-order valence-electron chi connectivity index (χ0n) is 12.8. The molecule has 0 heterocycles. The lowest BCUT2D eigenvalue weighted by Crippen LogP contribution is -2.46. The summed E-state index contributed by atoms with van der Waals surface area (Å²) in [5, 5.41) is 22.8. The summed E-state index contributed by atoms with van der Waals surface area (Å²) in [6.45, 7) is 3.94. The van der Waals surface area contributed by atoms with Crippen LogP contribution in [0.2, 0.25) is 0 Å². The van der Waals surface area contributed by atoms with Gasteiger partial charge in [0.25, 0.3) is 11.6 Å². The van der Waals surface area contributed by atoms with Gasteiger partial charge in [-0.15, -0.1) is 11.8 Å². The number of nitro groups is 1. The number of rotatable bonds is 6. The van der Waals surface area contributed by atoms with E-state index in [1.165, 1.54) is 23.9 Å². The number of nitrogens with zero attached hydrogens (tertiary/aromatic N) is 1. The summed E-state index contributed by atoms with van der Waals surface area (Å²) in [4.78, 5) is 34.3. The van der Waals surface area contributed by atoms with E-state index in [1.807, 2.05) is 13.8 Å². The lowest BCUT2D eigenvalue weighted by Gasteiger charge is -2.33. The molecule has 0 spiro atoms. The maximum absolute atomic E-state index is 12.4. The van der Waals surface area contributed by atoms with Crippen LogP contribution in [0.25, 0.3) is 0 Å². The number of carboxylic acids is 1. The molecule has 0 unspecified atom stereocenters. The van der Waals surface area contributed by atoms with Crippen LogP contribution in [0.4, 0.5) is 5.69 Å². The first-order chi connectivity index (χ1) is 10.8. The molecule has 1 amide bonds. The molecule has 0 bridgehead atoms. The van der Waals surface area contributed by atoms with Crippen LogP contribution in [-0.2, 0) is 4.79 Å². The molecule has 8 heteroatoms. The highest BCUT2D eigenvalue weighted by atomic mass is 32.2. The van der Waals surface area contributed by atoms with E-state index in [-0.39, 0.29) is 22.5 Å². The second-order valence-corrected chi connectivity index (χ2v) is 7.40. The van der Waals surface area contributed by atoms with Gasteiger partial charge in [0.15, 0.2) is 0 Å². The highest BCUT2D eigenvalue weighted by molar-refractivity contribution is 8.00. The molecule has 2 rings (SSSR count). The standard InChI is InChI=1S/C15H18N2O5S/c1-8(2)23-13-4-3-11(17(21)22)7-12(13)14(18)16-10-5-9(6-10)15(19)20/h3-4,7-10H,5-6H2,1-2H3,(H,16,18)(H,19,20). The number of carbonyl (C=O) groups is 2. The highest BCUT2D eigenvalue weighted by Gasteiger charge is 2.35. The Morgan fingerprint density at radius 1 is 1.39 bits per heavy atom. The second-order valence-electron chi connectivity index (χ2n) is 5.78. The minimum Gasteiger partial charge on any atom is -0.481 e. The van der Waals surface area contributed by atoms with Gasteiger partial charge >= 0.3 is 5.97 Å². The minimum atomic E-state index is -0.859. The Hall–Kier alpha value is -2.09. The Kier molecular flexibility index (Phi) is 5.25. The van der Waals surface area contributed by atoms with Gasteiger partial charge in [0, 0.05) is 28.3 Å². The van der Waals surface area contributed by atoms with Gasteiger partial charge in [0.05, 0.1) is 16.4 Å². The minimum absolute atomic E-state index is 0.139. The van der Waals surface area contributed by atoms with E-state index in [0.29, 0.717) is 17.7 Å². The van der Waals surface area contributed by atoms with Crippen LogP contribution in [0.15, 0.2) is 23.1 Å². The Morgan fingerprint density at radius 2 is 2.04 bits per heavy atom. The van der Waals surface area contributed by atoms with Crippen molar-refractivity contribution >= 4 is 29.3 Å². The Balaban J connectivity index is 2.15. The van der Waals surface area contributed by atoms with Crippen molar-refractivity contribution in [3.63, 3.8) is 0 Å². The normalized spacial score (nSPS) is 20.0. The molecule has 7 nitrogen and oxygen atoms in total. The Labute approximate surface area is 137 Å². The predicted octanol–water partition coefficient (Wildman–Crippen LogP) is 2.69. The van der Waals surface area contributed by atoms with Crippen LogP contribution in [-0.4, -0.2) is 33.2 Å². The average molecular weight is 338 g/mol. The molecule has 1 fully saturated rings. The van der Waals surface area contributed by atoms with Crippen LogP contribution in [0.1, 0.15) is 37.0 Å². The molecule has 0 aromatic heterocycles. The lowest BCUT2D eigenvalue weighted by atomic mass is 9.80. The van der Waals surface area contributed by atoms with E-state index in [1.54, 1.807) is 6.07 Å². The van der Waals surface area contributed by atoms with Crippen molar-refractivity contribution < 1.29 is 19.6 Å². The van der Waals surface area contributed by atoms with Crippen molar-refractivity contribution in [2.75, 3.05) is 0 Å². The topological polar surface area (TPSA) is 110 Å². The van der Waals surface area contributed by atoms with Crippen LogP contribution in [0, 0.1) is 16.0 Å². The number of hydrogen-bond donors (Lipinski definition) is 2. The van der Waals surface area contributed by atoms with E-state index in [4.69, 9.17) is 5.11 Å². The molecule has 1 saturated carbocycles. The molecule has 0 radical (unpaired) electrons. The lowest BCUT2D eigenvalue weighted by molar-refractivity contribution is -0.384. The molecular formula is C15H18N2O5S. The zero-order chi connectivity index (χ0) is 17.1. The summed E-state index contributed by atoms with van der Waals surface area (Å²) in [6.07, 6.45) is 0.783. The largest absolute Gasteiger partial charge is 0.481 e. The fourth-order valence-electron chi connectivity index (χ4n) is 2.37. The van der Waals surface area contributed by atoms with Crippen LogP contribution in [0.5, 0.6) is 0 Å². The number of benzene rings is 1. The maximum Gasteiger partial charge on any atom is 0.306 e. The number of aliphatic carboxylic acids is 1. The number of non-ortho nitro benzene ring substituents is 1. The number of nitrogens with one attached hydrogen (secondary N) is 1. The molecule has 23 heavy (non-hydrogen) atoms. The summed E-state index contributed by atoms with van der Waals surface area (Å²) < 4.78 is 0. The van der Waals surface area contributed by atoms with Crippen LogP contribution < -0.4 is 5.32 Å². The summed E-state index contributed by atoms with van der Waals surface area (Å²) >= 11 is 1.45. The van der Waals surface area contributed by atoms with Gasteiger partial charge in [-0.25, -0.2) is 0 Å². The average Bonchev–Trinajstić information content (AvgIpc) is 2.41. The number of nitro benzene ring substituents is 1. The quantitative estimate of drug-likeness (QED) is 0.469. The molecule has 0 saturated heterocycles. The van der Waals surface area contributed by atoms with Crippen LogP contribution in [0.3, 0.4) is 0 Å². The van der Waals surface area contributed by atoms with E-state index in [0.717, 1.165) is 0 Å². The third-order valence-corrected chi connectivity index (χ3v) is 4.69. The van der Waals surface area contributed by atoms with Crippen LogP contribution >= 0.6 is 11.8 Å². The molecule has 2 N–H and O–H groups in total. The van der Waals surface area contributed by atoms with E-state index < -0.39 is 22.7 Å². The fraction of sp³-hybridized carbons (Fsp3) is 0.467. The number of amides is 1. The van der Waals surface area contributed by atoms with Gasteiger partial charge in [0.1, 0.15) is 0 Å². The summed E-state index contributed by atoms with van der Waals surface area (Å²) in [5.74, 6) is -1.68. The molecule has 0 aliphatic heterocycles. The first kappa shape index (κ1) is 17.3. The van der Waals surface area contributed by atoms with Gasteiger partial charge in [-0.1, -0.05) is 13.8 Å². The SMILES string of the molecule is CC(C)Sc1ccc([N+](=O)[O-])cc1C(=O)NC1CC(C(=O)O)C1. The number of carboxylic acid groups (broad SMARTS) is 1. The number of carbonyl (C=O) groups excluding carboxylic acids is 1. The summed E-state index contributed by atoms with van der Waals surface area (Å²) in [6, 6.07) is 4.04. The Morgan fingerprint density at radius 3 is 2.57 bits per heavy atom. The molecule has 124 valence electrons. The van der Waals surface area contributed by atoms with E-state index in [2.05, 4.69) is 5.32 Å². The summed E-state index contributed by atoms with van der Waals surface area (Å²) in [5.41, 5.74) is 0.122. The highest BCUT2D eigenvalue weighted by Crippen LogP contribution is 2.31. The van der Waals surface area contributed by atoms with Gasteiger partial charge in [-0.05, 0) is 18.9 Å². The van der Waals surface area contributed by atoms with Crippen molar-refractivity contribution in [2.24, 2.45) is 5.92 Å². The molecular weight excluding hydrogens is 320 g/mol. The third-order valence-electron chi connectivity index (χ3n) is 3.60. The number of hydrogen-bond acceptors (Lipinski definition) is 5. The van der Waals surface area contributed by atoms with Crippen molar-refractivity contribution in [1.29, 1.82) is 0 Å². The molecule has 0 atom stereocenters. The van der Waals surface area contributed by atoms with E-state index in [9.17, 15) is 19.7 Å². The van der Waals surface area contributed by atoms with E-state index >= 15 is 0 Å². The van der Waals surface area contributed by atoms with Gasteiger partial charge < -0.3 is 10.4 Å². The van der Waals surface area contributed by atoms with Crippen molar-refractivity contribution in [3.8, 4) is 0 Å². The third kappa shape index (κ3) is 4.22. The van der Waals surface area contributed by atoms with Crippen molar-refractivity contribution in [3.05, 3.63) is 33.9 Å². The van der Waals surface area contributed by atoms with Gasteiger partial charge in [-0.2, -0.15) is 0 Å². The molecule has 1 aromatic rings. The molecule has 1 aromatic carbocycles.